The fourth-order valence-electron chi connectivity index (χ4n) is 3.51. The molecule has 0 atom stereocenters. The Hall–Kier alpha value is -1.35. The van der Waals surface area contributed by atoms with Gasteiger partial charge in [-0.25, -0.2) is 0 Å². The maximum absolute atomic E-state index is 12.5. The summed E-state index contributed by atoms with van der Waals surface area (Å²) in [6, 6.07) is 8.29. The Bertz CT molecular complexity index is 483. The number of hydrogen-bond acceptors (Lipinski definition) is 2. The van der Waals surface area contributed by atoms with Gasteiger partial charge in [0.25, 0.3) is 5.91 Å². The predicted octanol–water partition coefficient (Wildman–Crippen LogP) is 3.54. The van der Waals surface area contributed by atoms with Gasteiger partial charge in [-0.2, -0.15) is 0 Å². The van der Waals surface area contributed by atoms with Crippen LogP contribution >= 0.6 is 0 Å². The van der Waals surface area contributed by atoms with E-state index in [1.54, 1.807) is 0 Å². The first-order valence-electron chi connectivity index (χ1n) is 8.83. The van der Waals surface area contributed by atoms with Crippen LogP contribution < -0.4 is 0 Å². The predicted molar refractivity (Wildman–Crippen MR) is 89.9 cm³/mol. The number of nitrogens with zero attached hydrogens (tertiary/aromatic N) is 2. The van der Waals surface area contributed by atoms with Crippen LogP contribution in [0.25, 0.3) is 0 Å². The zero-order chi connectivity index (χ0) is 15.4. The van der Waals surface area contributed by atoms with Gasteiger partial charge in [-0.1, -0.05) is 19.1 Å². The molecule has 2 aliphatic rings. The first kappa shape index (κ1) is 15.5. The molecule has 0 aromatic heterocycles. The van der Waals surface area contributed by atoms with E-state index in [1.807, 2.05) is 17.0 Å². The third kappa shape index (κ3) is 3.89. The van der Waals surface area contributed by atoms with Crippen molar-refractivity contribution in [2.45, 2.75) is 45.6 Å². The molecular formula is C19H28N2O. The van der Waals surface area contributed by atoms with Crippen LogP contribution in [-0.2, 0) is 6.54 Å². The maximum atomic E-state index is 12.5. The lowest BCUT2D eigenvalue weighted by molar-refractivity contribution is 0.0724. The highest BCUT2D eigenvalue weighted by Crippen LogP contribution is 2.19. The Kier molecular flexibility index (Phi) is 5.14. The quantitative estimate of drug-likeness (QED) is 0.852. The summed E-state index contributed by atoms with van der Waals surface area (Å²) in [6.45, 7) is 7.62. The van der Waals surface area contributed by atoms with Crippen molar-refractivity contribution in [3.05, 3.63) is 35.4 Å². The van der Waals surface area contributed by atoms with Gasteiger partial charge in [-0.15, -0.1) is 0 Å². The number of piperidine rings is 2. The molecule has 1 aromatic rings. The summed E-state index contributed by atoms with van der Waals surface area (Å²) in [5, 5.41) is 0. The van der Waals surface area contributed by atoms with Gasteiger partial charge < -0.3 is 4.90 Å². The molecule has 0 bridgehead atoms. The number of amides is 1. The van der Waals surface area contributed by atoms with Crippen LogP contribution in [0.2, 0.25) is 0 Å². The topological polar surface area (TPSA) is 23.6 Å². The molecule has 2 saturated heterocycles. The number of hydrogen-bond donors (Lipinski definition) is 0. The van der Waals surface area contributed by atoms with E-state index in [0.29, 0.717) is 0 Å². The Morgan fingerprint density at radius 2 is 1.64 bits per heavy atom. The molecule has 3 heteroatoms. The van der Waals surface area contributed by atoms with Gasteiger partial charge in [-0.05, 0) is 68.8 Å². The highest BCUT2D eigenvalue weighted by Gasteiger charge is 2.19. The second-order valence-electron chi connectivity index (χ2n) is 7.01. The fourth-order valence-corrected chi connectivity index (χ4v) is 3.51. The SMILES string of the molecule is CC1CCN(Cc2ccc(C(=O)N3CCCCC3)cc2)CC1. The van der Waals surface area contributed by atoms with E-state index in [1.165, 1.54) is 37.9 Å². The molecule has 2 fully saturated rings. The van der Waals surface area contributed by atoms with Crippen LogP contribution in [0.4, 0.5) is 0 Å². The molecule has 2 heterocycles. The van der Waals surface area contributed by atoms with E-state index in [9.17, 15) is 4.79 Å². The first-order chi connectivity index (χ1) is 10.7. The lowest BCUT2D eigenvalue weighted by Crippen LogP contribution is -2.35. The van der Waals surface area contributed by atoms with Crippen molar-refractivity contribution in [3.8, 4) is 0 Å². The second kappa shape index (κ2) is 7.28. The lowest BCUT2D eigenvalue weighted by Gasteiger charge is -2.30. The molecule has 1 aromatic carbocycles. The van der Waals surface area contributed by atoms with Gasteiger partial charge in [0, 0.05) is 25.2 Å². The zero-order valence-corrected chi connectivity index (χ0v) is 13.8. The van der Waals surface area contributed by atoms with Crippen molar-refractivity contribution >= 4 is 5.91 Å². The molecule has 0 N–H and O–H groups in total. The largest absolute Gasteiger partial charge is 0.339 e. The summed E-state index contributed by atoms with van der Waals surface area (Å²) in [7, 11) is 0. The normalized spacial score (nSPS) is 21.0. The summed E-state index contributed by atoms with van der Waals surface area (Å²) in [5.41, 5.74) is 2.17. The highest BCUT2D eigenvalue weighted by atomic mass is 16.2. The molecule has 3 nitrogen and oxygen atoms in total. The lowest BCUT2D eigenvalue weighted by atomic mass is 9.99. The van der Waals surface area contributed by atoms with Crippen molar-refractivity contribution in [1.82, 2.24) is 9.80 Å². The summed E-state index contributed by atoms with van der Waals surface area (Å²) in [5.74, 6) is 1.08. The van der Waals surface area contributed by atoms with Crippen LogP contribution in [0, 0.1) is 5.92 Å². The van der Waals surface area contributed by atoms with Crippen LogP contribution in [0.3, 0.4) is 0 Å². The number of rotatable bonds is 3. The maximum Gasteiger partial charge on any atom is 0.253 e. The molecular weight excluding hydrogens is 272 g/mol. The molecule has 0 spiro atoms. The van der Waals surface area contributed by atoms with E-state index in [4.69, 9.17) is 0 Å². The monoisotopic (exact) mass is 300 g/mol. The summed E-state index contributed by atoms with van der Waals surface area (Å²) in [6.07, 6.45) is 6.18. The second-order valence-corrected chi connectivity index (χ2v) is 7.01. The van der Waals surface area contributed by atoms with Gasteiger partial charge in [-0.3, -0.25) is 9.69 Å². The highest BCUT2D eigenvalue weighted by molar-refractivity contribution is 5.94. The molecule has 120 valence electrons. The molecule has 22 heavy (non-hydrogen) atoms. The van der Waals surface area contributed by atoms with Crippen molar-refractivity contribution in [3.63, 3.8) is 0 Å². The third-order valence-electron chi connectivity index (χ3n) is 5.13. The fraction of sp³-hybridized carbons (Fsp3) is 0.632. The number of benzene rings is 1. The molecule has 0 aliphatic carbocycles. The Morgan fingerprint density at radius 1 is 1.00 bits per heavy atom. The Labute approximate surface area is 134 Å². The molecule has 0 unspecified atom stereocenters. The summed E-state index contributed by atoms with van der Waals surface area (Å²) >= 11 is 0. The van der Waals surface area contributed by atoms with Crippen LogP contribution in [-0.4, -0.2) is 41.9 Å². The van der Waals surface area contributed by atoms with Crippen molar-refractivity contribution in [2.24, 2.45) is 5.92 Å². The number of carbonyl (C=O) groups excluding carboxylic acids is 1. The zero-order valence-electron chi connectivity index (χ0n) is 13.8. The molecule has 0 radical (unpaired) electrons. The number of carbonyl (C=O) groups is 1. The van der Waals surface area contributed by atoms with Crippen LogP contribution in [0.1, 0.15) is 54.9 Å². The van der Waals surface area contributed by atoms with Crippen LogP contribution in [0.5, 0.6) is 0 Å². The van der Waals surface area contributed by atoms with Crippen LogP contribution in [0.15, 0.2) is 24.3 Å². The minimum absolute atomic E-state index is 0.207. The Balaban J connectivity index is 1.56. The van der Waals surface area contributed by atoms with Crippen molar-refractivity contribution in [1.29, 1.82) is 0 Å². The van der Waals surface area contributed by atoms with Gasteiger partial charge in [0.2, 0.25) is 0 Å². The molecule has 2 aliphatic heterocycles. The standard InChI is InChI=1S/C19H28N2O/c1-16-9-13-20(14-10-16)15-17-5-7-18(8-6-17)19(22)21-11-3-2-4-12-21/h5-8,16H,2-4,9-15H2,1H3. The smallest absolute Gasteiger partial charge is 0.253 e. The summed E-state index contributed by atoms with van der Waals surface area (Å²) in [4.78, 5) is 17.0. The van der Waals surface area contributed by atoms with E-state index in [0.717, 1.165) is 44.0 Å². The minimum atomic E-state index is 0.207. The minimum Gasteiger partial charge on any atom is -0.339 e. The van der Waals surface area contributed by atoms with Gasteiger partial charge in [0.05, 0.1) is 0 Å². The molecule has 1 amide bonds. The number of likely N-dealkylation sites (tertiary alicyclic amines) is 2. The van der Waals surface area contributed by atoms with Crippen molar-refractivity contribution in [2.75, 3.05) is 26.2 Å². The first-order valence-corrected chi connectivity index (χ1v) is 8.83. The van der Waals surface area contributed by atoms with Gasteiger partial charge in [0.15, 0.2) is 0 Å². The van der Waals surface area contributed by atoms with Crippen molar-refractivity contribution < 1.29 is 4.79 Å². The van der Waals surface area contributed by atoms with E-state index >= 15 is 0 Å². The van der Waals surface area contributed by atoms with E-state index < -0.39 is 0 Å². The summed E-state index contributed by atoms with van der Waals surface area (Å²) < 4.78 is 0. The van der Waals surface area contributed by atoms with Gasteiger partial charge >= 0.3 is 0 Å². The van der Waals surface area contributed by atoms with E-state index in [-0.39, 0.29) is 5.91 Å². The third-order valence-corrected chi connectivity index (χ3v) is 5.13. The van der Waals surface area contributed by atoms with Gasteiger partial charge in [0.1, 0.15) is 0 Å². The average molecular weight is 300 g/mol. The average Bonchev–Trinajstić information content (AvgIpc) is 2.58. The molecule has 0 saturated carbocycles. The van der Waals surface area contributed by atoms with E-state index in [2.05, 4.69) is 24.0 Å². The molecule has 3 rings (SSSR count). The Morgan fingerprint density at radius 3 is 2.27 bits per heavy atom.